The Morgan fingerprint density at radius 2 is 2.27 bits per heavy atom. The van der Waals surface area contributed by atoms with Crippen LogP contribution >= 0.6 is 11.6 Å². The van der Waals surface area contributed by atoms with Crippen molar-refractivity contribution in [3.63, 3.8) is 0 Å². The molecule has 3 nitrogen and oxygen atoms in total. The maximum Gasteiger partial charge on any atom is 0.227 e. The van der Waals surface area contributed by atoms with Crippen molar-refractivity contribution in [3.05, 3.63) is 23.2 Å². The van der Waals surface area contributed by atoms with Crippen LogP contribution in [0, 0.1) is 5.92 Å². The second-order valence-electron chi connectivity index (χ2n) is 3.61. The highest BCUT2D eigenvalue weighted by atomic mass is 35.5. The summed E-state index contributed by atoms with van der Waals surface area (Å²) in [5.74, 6) is 0.845. The third-order valence-electron chi connectivity index (χ3n) is 2.37. The van der Waals surface area contributed by atoms with Crippen LogP contribution in [-0.4, -0.2) is 13.0 Å². The molecule has 0 radical (unpaired) electrons. The van der Waals surface area contributed by atoms with Crippen molar-refractivity contribution in [3.8, 4) is 5.75 Å². The predicted octanol–water partition coefficient (Wildman–Crippen LogP) is 2.70. The fourth-order valence-corrected chi connectivity index (χ4v) is 1.51. The van der Waals surface area contributed by atoms with E-state index in [1.807, 2.05) is 0 Å². The van der Waals surface area contributed by atoms with Gasteiger partial charge in [-0.15, -0.1) is 0 Å². The summed E-state index contributed by atoms with van der Waals surface area (Å²) in [5, 5.41) is 3.42. The van der Waals surface area contributed by atoms with Gasteiger partial charge in [0.05, 0.1) is 12.8 Å². The fourth-order valence-electron chi connectivity index (χ4n) is 1.35. The van der Waals surface area contributed by atoms with Gasteiger partial charge in [0.15, 0.2) is 0 Å². The molecule has 15 heavy (non-hydrogen) atoms. The van der Waals surface area contributed by atoms with Crippen LogP contribution in [0.3, 0.4) is 0 Å². The number of hydrogen-bond donors (Lipinski definition) is 1. The summed E-state index contributed by atoms with van der Waals surface area (Å²) >= 11 is 5.81. The van der Waals surface area contributed by atoms with E-state index in [0.29, 0.717) is 16.5 Å². The molecule has 0 heterocycles. The number of anilines is 1. The molecule has 2 rings (SSSR count). The molecule has 1 aliphatic rings. The lowest BCUT2D eigenvalue weighted by atomic mass is 10.2. The van der Waals surface area contributed by atoms with Gasteiger partial charge in [0.25, 0.3) is 0 Å². The molecular weight excluding hydrogens is 214 g/mol. The molecule has 80 valence electrons. The van der Waals surface area contributed by atoms with Crippen LogP contribution in [0.15, 0.2) is 18.2 Å². The second kappa shape index (κ2) is 4.11. The number of nitrogens with one attached hydrogen (secondary N) is 1. The van der Waals surface area contributed by atoms with Crippen LogP contribution in [0.2, 0.25) is 5.02 Å². The van der Waals surface area contributed by atoms with Crippen LogP contribution in [0.1, 0.15) is 12.8 Å². The Morgan fingerprint density at radius 1 is 1.53 bits per heavy atom. The van der Waals surface area contributed by atoms with E-state index < -0.39 is 0 Å². The Balaban J connectivity index is 2.15. The van der Waals surface area contributed by atoms with Crippen molar-refractivity contribution in [2.24, 2.45) is 5.92 Å². The van der Waals surface area contributed by atoms with Crippen molar-refractivity contribution in [2.75, 3.05) is 12.4 Å². The molecule has 0 aromatic heterocycles. The lowest BCUT2D eigenvalue weighted by Gasteiger charge is -2.09. The van der Waals surface area contributed by atoms with Gasteiger partial charge in [-0.3, -0.25) is 4.79 Å². The van der Waals surface area contributed by atoms with Gasteiger partial charge in [-0.2, -0.15) is 0 Å². The third kappa shape index (κ3) is 2.42. The minimum Gasteiger partial charge on any atom is -0.495 e. The summed E-state index contributed by atoms with van der Waals surface area (Å²) in [6.07, 6.45) is 1.98. The summed E-state index contributed by atoms with van der Waals surface area (Å²) in [4.78, 5) is 11.5. The maximum atomic E-state index is 11.5. The minimum absolute atomic E-state index is 0.0654. The highest BCUT2D eigenvalue weighted by molar-refractivity contribution is 6.30. The Labute approximate surface area is 93.4 Å². The number of halogens is 1. The van der Waals surface area contributed by atoms with Gasteiger partial charge < -0.3 is 10.1 Å². The molecule has 4 heteroatoms. The normalized spacial score (nSPS) is 14.8. The first kappa shape index (κ1) is 10.3. The maximum absolute atomic E-state index is 11.5. The average molecular weight is 226 g/mol. The monoisotopic (exact) mass is 225 g/mol. The number of ether oxygens (including phenoxy) is 1. The zero-order valence-electron chi connectivity index (χ0n) is 8.42. The molecular formula is C11H12ClNO2. The highest BCUT2D eigenvalue weighted by Gasteiger charge is 2.30. The number of benzene rings is 1. The fraction of sp³-hybridized carbons (Fsp3) is 0.364. The smallest absolute Gasteiger partial charge is 0.227 e. The minimum atomic E-state index is 0.0654. The van der Waals surface area contributed by atoms with Crippen LogP contribution in [0.4, 0.5) is 5.69 Å². The molecule has 0 spiro atoms. The first-order valence-corrected chi connectivity index (χ1v) is 5.23. The van der Waals surface area contributed by atoms with Crippen molar-refractivity contribution in [1.82, 2.24) is 0 Å². The molecule has 1 aromatic carbocycles. The third-order valence-corrected chi connectivity index (χ3v) is 2.60. The van der Waals surface area contributed by atoms with Gasteiger partial charge in [-0.05, 0) is 25.0 Å². The van der Waals surface area contributed by atoms with Gasteiger partial charge in [-0.1, -0.05) is 11.6 Å². The summed E-state index contributed by atoms with van der Waals surface area (Å²) in [6, 6.07) is 5.16. The van der Waals surface area contributed by atoms with Gasteiger partial charge in [0.1, 0.15) is 5.75 Å². The number of carbonyl (C=O) groups excluding carboxylic acids is 1. The second-order valence-corrected chi connectivity index (χ2v) is 4.04. The molecule has 0 unspecified atom stereocenters. The zero-order valence-corrected chi connectivity index (χ0v) is 9.17. The first-order chi connectivity index (χ1) is 7.20. The standard InChI is InChI=1S/C11H12ClNO2/c1-15-10-6-8(12)4-5-9(10)13-11(14)7-2-3-7/h4-7H,2-3H2,1H3,(H,13,14). The first-order valence-electron chi connectivity index (χ1n) is 4.85. The summed E-state index contributed by atoms with van der Waals surface area (Å²) in [6.45, 7) is 0. The SMILES string of the molecule is COc1cc(Cl)ccc1NC(=O)C1CC1. The number of carbonyl (C=O) groups is 1. The molecule has 1 aromatic rings. The highest BCUT2D eigenvalue weighted by Crippen LogP contribution is 2.33. The Bertz CT molecular complexity index is 388. The van der Waals surface area contributed by atoms with E-state index >= 15 is 0 Å². The Kier molecular flexibility index (Phi) is 2.82. The van der Waals surface area contributed by atoms with E-state index in [-0.39, 0.29) is 11.8 Å². The molecule has 0 saturated heterocycles. The van der Waals surface area contributed by atoms with Gasteiger partial charge in [-0.25, -0.2) is 0 Å². The van der Waals surface area contributed by atoms with Gasteiger partial charge in [0.2, 0.25) is 5.91 Å². The summed E-state index contributed by atoms with van der Waals surface area (Å²) in [5.41, 5.74) is 0.679. The van der Waals surface area contributed by atoms with Crippen molar-refractivity contribution in [1.29, 1.82) is 0 Å². The van der Waals surface area contributed by atoms with E-state index in [9.17, 15) is 4.79 Å². The quantitative estimate of drug-likeness (QED) is 0.859. The number of rotatable bonds is 3. The van der Waals surface area contributed by atoms with Crippen LogP contribution < -0.4 is 10.1 Å². The number of methoxy groups -OCH3 is 1. The van der Waals surface area contributed by atoms with Gasteiger partial charge >= 0.3 is 0 Å². The number of amides is 1. The molecule has 1 amide bonds. The summed E-state index contributed by atoms with van der Waals surface area (Å²) < 4.78 is 5.13. The molecule has 1 N–H and O–H groups in total. The van der Waals surface area contributed by atoms with E-state index in [2.05, 4.69) is 5.32 Å². The summed E-state index contributed by atoms with van der Waals surface area (Å²) in [7, 11) is 1.55. The molecule has 1 saturated carbocycles. The van der Waals surface area contributed by atoms with Crippen LogP contribution in [-0.2, 0) is 4.79 Å². The van der Waals surface area contributed by atoms with Crippen LogP contribution in [0.5, 0.6) is 5.75 Å². The van der Waals surface area contributed by atoms with E-state index in [0.717, 1.165) is 12.8 Å². The Hall–Kier alpha value is -1.22. The van der Waals surface area contributed by atoms with E-state index in [1.54, 1.807) is 25.3 Å². The number of hydrogen-bond acceptors (Lipinski definition) is 2. The molecule has 0 atom stereocenters. The van der Waals surface area contributed by atoms with Crippen molar-refractivity contribution < 1.29 is 9.53 Å². The topological polar surface area (TPSA) is 38.3 Å². The molecule has 1 fully saturated rings. The lowest BCUT2D eigenvalue weighted by molar-refractivity contribution is -0.117. The largest absolute Gasteiger partial charge is 0.495 e. The molecule has 1 aliphatic carbocycles. The van der Waals surface area contributed by atoms with Crippen molar-refractivity contribution in [2.45, 2.75) is 12.8 Å². The lowest BCUT2D eigenvalue weighted by Crippen LogP contribution is -2.13. The van der Waals surface area contributed by atoms with Crippen LogP contribution in [0.25, 0.3) is 0 Å². The zero-order chi connectivity index (χ0) is 10.8. The molecule has 0 bridgehead atoms. The predicted molar refractivity (Wildman–Crippen MR) is 59.4 cm³/mol. The average Bonchev–Trinajstić information content (AvgIpc) is 3.04. The van der Waals surface area contributed by atoms with E-state index in [1.165, 1.54) is 0 Å². The van der Waals surface area contributed by atoms with Crippen molar-refractivity contribution >= 4 is 23.2 Å². The Morgan fingerprint density at radius 3 is 2.87 bits per heavy atom. The van der Waals surface area contributed by atoms with Gasteiger partial charge in [0, 0.05) is 17.0 Å². The molecule has 0 aliphatic heterocycles. The van der Waals surface area contributed by atoms with E-state index in [4.69, 9.17) is 16.3 Å².